The highest BCUT2D eigenvalue weighted by atomic mass is 16.2. The molecule has 1 aromatic rings. The van der Waals surface area contributed by atoms with Crippen molar-refractivity contribution in [2.24, 2.45) is 0 Å². The maximum absolute atomic E-state index is 12.2. The summed E-state index contributed by atoms with van der Waals surface area (Å²) in [5.74, 6) is 0.623. The number of carbonyl (C=O) groups excluding carboxylic acids is 1. The number of nitrogens with zero attached hydrogens (tertiary/aromatic N) is 3. The summed E-state index contributed by atoms with van der Waals surface area (Å²) in [5.41, 5.74) is 1.17. The molecule has 18 heavy (non-hydrogen) atoms. The van der Waals surface area contributed by atoms with Gasteiger partial charge >= 0.3 is 0 Å². The summed E-state index contributed by atoms with van der Waals surface area (Å²) in [6.45, 7) is 6.70. The number of nitrogens with one attached hydrogen (secondary N) is 1. The first-order valence-electron chi connectivity index (χ1n) is 6.62. The summed E-state index contributed by atoms with van der Waals surface area (Å²) in [5, 5.41) is 3.35. The molecule has 2 heterocycles. The average Bonchev–Trinajstić information content (AvgIpc) is 3.05. The van der Waals surface area contributed by atoms with Crippen LogP contribution in [0.5, 0.6) is 0 Å². The van der Waals surface area contributed by atoms with Crippen LogP contribution in [0.3, 0.4) is 0 Å². The second-order valence-electron chi connectivity index (χ2n) is 4.94. The third kappa shape index (κ3) is 2.41. The molecule has 0 bridgehead atoms. The number of hydrogen-bond donors (Lipinski definition) is 1. The summed E-state index contributed by atoms with van der Waals surface area (Å²) in [7, 11) is 1.84. The largest absolute Gasteiger partial charge is 0.344 e. The molecule has 100 valence electrons. The Bertz CT molecular complexity index is 409. The third-order valence-electron chi connectivity index (χ3n) is 3.80. The van der Waals surface area contributed by atoms with Gasteiger partial charge in [-0.1, -0.05) is 0 Å². The Morgan fingerprint density at radius 3 is 3.11 bits per heavy atom. The van der Waals surface area contributed by atoms with Crippen LogP contribution >= 0.6 is 0 Å². The van der Waals surface area contributed by atoms with E-state index in [2.05, 4.69) is 10.3 Å². The van der Waals surface area contributed by atoms with Gasteiger partial charge in [-0.25, -0.2) is 4.98 Å². The summed E-state index contributed by atoms with van der Waals surface area (Å²) in [4.78, 5) is 18.2. The van der Waals surface area contributed by atoms with Crippen LogP contribution < -0.4 is 5.32 Å². The van der Waals surface area contributed by atoms with Gasteiger partial charge in [-0.05, 0) is 26.8 Å². The lowest BCUT2D eigenvalue weighted by Crippen LogP contribution is -2.33. The Hall–Kier alpha value is -1.36. The SMILES string of the molecule is CCN(C)C(=O)C(C)n1cncc1C1CCNC1. The molecule has 2 rings (SSSR count). The first-order chi connectivity index (χ1) is 8.65. The van der Waals surface area contributed by atoms with Crippen LogP contribution in [0.2, 0.25) is 0 Å². The third-order valence-corrected chi connectivity index (χ3v) is 3.80. The molecule has 0 saturated carbocycles. The molecule has 0 aliphatic carbocycles. The molecular weight excluding hydrogens is 228 g/mol. The van der Waals surface area contributed by atoms with Gasteiger partial charge in [-0.15, -0.1) is 0 Å². The van der Waals surface area contributed by atoms with Crippen molar-refractivity contribution in [3.8, 4) is 0 Å². The first-order valence-corrected chi connectivity index (χ1v) is 6.62. The van der Waals surface area contributed by atoms with Gasteiger partial charge in [0.05, 0.1) is 6.33 Å². The van der Waals surface area contributed by atoms with E-state index < -0.39 is 0 Å². The monoisotopic (exact) mass is 250 g/mol. The molecule has 1 aliphatic rings. The zero-order valence-electron chi connectivity index (χ0n) is 11.4. The van der Waals surface area contributed by atoms with E-state index in [0.717, 1.165) is 26.1 Å². The van der Waals surface area contributed by atoms with Crippen LogP contribution in [-0.2, 0) is 4.79 Å². The molecule has 5 nitrogen and oxygen atoms in total. The van der Waals surface area contributed by atoms with Crippen molar-refractivity contribution in [2.45, 2.75) is 32.2 Å². The molecule has 0 spiro atoms. The normalized spacial score (nSPS) is 20.9. The number of carbonyl (C=O) groups is 1. The fraction of sp³-hybridized carbons (Fsp3) is 0.692. The molecule has 1 amide bonds. The molecule has 2 unspecified atom stereocenters. The van der Waals surface area contributed by atoms with Gasteiger partial charge in [-0.2, -0.15) is 0 Å². The van der Waals surface area contributed by atoms with E-state index in [1.165, 1.54) is 5.69 Å². The topological polar surface area (TPSA) is 50.2 Å². The van der Waals surface area contributed by atoms with E-state index in [9.17, 15) is 4.79 Å². The predicted molar refractivity (Wildman–Crippen MR) is 70.5 cm³/mol. The summed E-state index contributed by atoms with van der Waals surface area (Å²) < 4.78 is 2.02. The van der Waals surface area contributed by atoms with E-state index in [0.29, 0.717) is 5.92 Å². The van der Waals surface area contributed by atoms with E-state index in [1.807, 2.05) is 31.7 Å². The minimum atomic E-state index is -0.173. The van der Waals surface area contributed by atoms with Crippen LogP contribution in [0.25, 0.3) is 0 Å². The van der Waals surface area contributed by atoms with Crippen LogP contribution in [0.4, 0.5) is 0 Å². The number of imidazole rings is 1. The van der Waals surface area contributed by atoms with Gasteiger partial charge in [0.25, 0.3) is 0 Å². The lowest BCUT2D eigenvalue weighted by molar-refractivity contribution is -0.132. The highest BCUT2D eigenvalue weighted by molar-refractivity contribution is 5.79. The van der Waals surface area contributed by atoms with Gasteiger partial charge in [-0.3, -0.25) is 4.79 Å². The van der Waals surface area contributed by atoms with Crippen molar-refractivity contribution in [2.75, 3.05) is 26.7 Å². The smallest absolute Gasteiger partial charge is 0.245 e. The number of hydrogen-bond acceptors (Lipinski definition) is 3. The first kappa shape index (κ1) is 13.1. The van der Waals surface area contributed by atoms with Crippen LogP contribution in [-0.4, -0.2) is 47.0 Å². The Balaban J connectivity index is 2.17. The highest BCUT2D eigenvalue weighted by Crippen LogP contribution is 2.25. The minimum Gasteiger partial charge on any atom is -0.344 e. The lowest BCUT2D eigenvalue weighted by atomic mass is 10.0. The molecule has 5 heteroatoms. The fourth-order valence-electron chi connectivity index (χ4n) is 2.46. The van der Waals surface area contributed by atoms with Crippen molar-refractivity contribution in [1.29, 1.82) is 0 Å². The maximum Gasteiger partial charge on any atom is 0.245 e. The van der Waals surface area contributed by atoms with Crippen molar-refractivity contribution in [1.82, 2.24) is 19.8 Å². The van der Waals surface area contributed by atoms with E-state index in [1.54, 1.807) is 11.2 Å². The summed E-state index contributed by atoms with van der Waals surface area (Å²) in [6.07, 6.45) is 4.79. The van der Waals surface area contributed by atoms with Crippen molar-refractivity contribution in [3.63, 3.8) is 0 Å². The van der Waals surface area contributed by atoms with Gasteiger partial charge in [0, 0.05) is 37.9 Å². The second-order valence-corrected chi connectivity index (χ2v) is 4.94. The van der Waals surface area contributed by atoms with E-state index in [-0.39, 0.29) is 11.9 Å². The molecular formula is C13H22N4O. The summed E-state index contributed by atoms with van der Waals surface area (Å²) >= 11 is 0. The molecule has 2 atom stereocenters. The van der Waals surface area contributed by atoms with Crippen molar-refractivity contribution >= 4 is 5.91 Å². The highest BCUT2D eigenvalue weighted by Gasteiger charge is 2.25. The zero-order chi connectivity index (χ0) is 13.1. The Labute approximate surface area is 108 Å². The van der Waals surface area contributed by atoms with Crippen molar-refractivity contribution in [3.05, 3.63) is 18.2 Å². The number of amides is 1. The Kier molecular flexibility index (Phi) is 4.01. The van der Waals surface area contributed by atoms with Gasteiger partial charge < -0.3 is 14.8 Å². The minimum absolute atomic E-state index is 0.141. The standard InChI is InChI=1S/C13H22N4O/c1-4-16(3)13(18)10(2)17-9-15-8-12(17)11-5-6-14-7-11/h8-11,14H,4-7H2,1-3H3. The lowest BCUT2D eigenvalue weighted by Gasteiger charge is -2.23. The maximum atomic E-state index is 12.2. The van der Waals surface area contributed by atoms with E-state index in [4.69, 9.17) is 0 Å². The molecule has 1 fully saturated rings. The van der Waals surface area contributed by atoms with Crippen LogP contribution in [0.15, 0.2) is 12.5 Å². The Morgan fingerprint density at radius 2 is 2.50 bits per heavy atom. The van der Waals surface area contributed by atoms with Crippen molar-refractivity contribution < 1.29 is 4.79 Å². The van der Waals surface area contributed by atoms with Crippen LogP contribution in [0.1, 0.15) is 37.9 Å². The number of rotatable bonds is 4. The van der Waals surface area contributed by atoms with Gasteiger partial charge in [0.1, 0.15) is 6.04 Å². The number of aromatic nitrogens is 2. The molecule has 0 aromatic carbocycles. The zero-order valence-corrected chi connectivity index (χ0v) is 11.4. The van der Waals surface area contributed by atoms with Crippen LogP contribution in [0, 0.1) is 0 Å². The van der Waals surface area contributed by atoms with E-state index >= 15 is 0 Å². The molecule has 1 aliphatic heterocycles. The van der Waals surface area contributed by atoms with Gasteiger partial charge in [0.15, 0.2) is 0 Å². The molecule has 1 saturated heterocycles. The second kappa shape index (κ2) is 5.52. The molecule has 0 radical (unpaired) electrons. The average molecular weight is 250 g/mol. The summed E-state index contributed by atoms with van der Waals surface area (Å²) in [6, 6.07) is -0.173. The molecule has 1 N–H and O–H groups in total. The quantitative estimate of drug-likeness (QED) is 0.867. The Morgan fingerprint density at radius 1 is 1.72 bits per heavy atom. The fourth-order valence-corrected chi connectivity index (χ4v) is 2.46. The van der Waals surface area contributed by atoms with Gasteiger partial charge in [0.2, 0.25) is 5.91 Å². The predicted octanol–water partition coefficient (Wildman–Crippen LogP) is 0.999. The molecule has 1 aromatic heterocycles. The number of likely N-dealkylation sites (N-methyl/N-ethyl adjacent to an activating group) is 1.